The Labute approximate surface area is 133 Å². The van der Waals surface area contributed by atoms with Crippen LogP contribution in [0.5, 0.6) is 0 Å². The molecule has 22 heavy (non-hydrogen) atoms. The highest BCUT2D eigenvalue weighted by Crippen LogP contribution is 2.29. The molecule has 0 aliphatic carbocycles. The number of primary amides is 1. The van der Waals surface area contributed by atoms with Crippen LogP contribution >= 0.6 is 11.6 Å². The number of ether oxygens (including phenoxy) is 1. The molecule has 1 aliphatic rings. The molecular weight excluding hydrogens is 311 g/mol. The fraction of sp³-hybridized carbons (Fsp3) is 0.467. The predicted octanol–water partition coefficient (Wildman–Crippen LogP) is 2.87. The Bertz CT molecular complexity index is 562. The Kier molecular flexibility index (Phi) is 5.24. The van der Waals surface area contributed by atoms with Crippen LogP contribution in [-0.4, -0.2) is 30.0 Å². The minimum absolute atomic E-state index is 0.153. The Balaban J connectivity index is 2.03. The maximum absolute atomic E-state index is 13.8. The van der Waals surface area contributed by atoms with Crippen LogP contribution in [0.4, 0.5) is 9.18 Å². The van der Waals surface area contributed by atoms with E-state index in [2.05, 4.69) is 0 Å². The topological polar surface area (TPSA) is 72.6 Å². The van der Waals surface area contributed by atoms with Gasteiger partial charge in [-0.3, -0.25) is 4.79 Å². The predicted molar refractivity (Wildman–Crippen MR) is 79.8 cm³/mol. The maximum Gasteiger partial charge on any atom is 0.314 e. The van der Waals surface area contributed by atoms with Crippen molar-refractivity contribution in [1.29, 1.82) is 0 Å². The number of amides is 2. The summed E-state index contributed by atoms with van der Waals surface area (Å²) in [5.41, 5.74) is 5.38. The molecule has 0 aromatic heterocycles. The molecule has 0 radical (unpaired) electrons. The van der Waals surface area contributed by atoms with Crippen LogP contribution in [0.15, 0.2) is 18.2 Å². The summed E-state index contributed by atoms with van der Waals surface area (Å²) in [6.07, 6.45) is 0.489. The largest absolute Gasteiger partial charge is 0.457 e. The van der Waals surface area contributed by atoms with Crippen LogP contribution in [0.25, 0.3) is 0 Å². The van der Waals surface area contributed by atoms with Crippen molar-refractivity contribution in [1.82, 2.24) is 4.90 Å². The lowest BCUT2D eigenvalue weighted by atomic mass is 9.98. The Morgan fingerprint density at radius 1 is 1.50 bits per heavy atom. The number of carbonyl (C=O) groups is 2. The number of nitrogens with zero attached hydrogens (tertiary/aromatic N) is 1. The summed E-state index contributed by atoms with van der Waals surface area (Å²) in [6, 6.07) is 3.74. The van der Waals surface area contributed by atoms with Gasteiger partial charge in [0.25, 0.3) is 0 Å². The molecule has 1 saturated heterocycles. The Morgan fingerprint density at radius 3 is 2.86 bits per heavy atom. The van der Waals surface area contributed by atoms with Crippen molar-refractivity contribution in [3.63, 3.8) is 0 Å². The molecule has 1 aromatic carbocycles. The van der Waals surface area contributed by atoms with Gasteiger partial charge in [0.2, 0.25) is 0 Å². The molecule has 0 bridgehead atoms. The molecule has 1 heterocycles. The molecule has 1 aromatic rings. The molecule has 0 unspecified atom stereocenters. The number of benzene rings is 1. The molecule has 2 amide bonds. The normalized spacial score (nSPS) is 19.6. The first kappa shape index (κ1) is 16.5. The maximum atomic E-state index is 13.8. The summed E-state index contributed by atoms with van der Waals surface area (Å²) in [4.78, 5) is 24.8. The molecule has 2 atom stereocenters. The Hall–Kier alpha value is -1.82. The first-order chi connectivity index (χ1) is 10.4. The number of halogens is 2. The van der Waals surface area contributed by atoms with Crippen molar-refractivity contribution >= 4 is 23.6 Å². The second kappa shape index (κ2) is 6.96. The molecular formula is C15H18ClFN2O3. The van der Waals surface area contributed by atoms with Gasteiger partial charge >= 0.3 is 12.0 Å². The highest BCUT2D eigenvalue weighted by atomic mass is 35.5. The minimum Gasteiger partial charge on any atom is -0.457 e. The summed E-state index contributed by atoms with van der Waals surface area (Å²) in [6.45, 7) is 2.33. The van der Waals surface area contributed by atoms with E-state index in [4.69, 9.17) is 22.1 Å². The first-order valence-electron chi connectivity index (χ1n) is 7.09. The number of urea groups is 1. The van der Waals surface area contributed by atoms with Gasteiger partial charge in [0, 0.05) is 18.7 Å². The van der Waals surface area contributed by atoms with E-state index in [1.54, 1.807) is 13.0 Å². The summed E-state index contributed by atoms with van der Waals surface area (Å²) >= 11 is 5.96. The van der Waals surface area contributed by atoms with E-state index in [0.717, 1.165) is 0 Å². The first-order valence-corrected chi connectivity index (χ1v) is 7.46. The zero-order valence-electron chi connectivity index (χ0n) is 12.2. The van der Waals surface area contributed by atoms with E-state index >= 15 is 0 Å². The number of rotatable bonds is 3. The highest BCUT2D eigenvalue weighted by molar-refractivity contribution is 6.31. The van der Waals surface area contributed by atoms with Crippen molar-refractivity contribution in [3.8, 4) is 0 Å². The number of esters is 1. The number of nitrogens with two attached hydrogens (primary N) is 1. The van der Waals surface area contributed by atoms with Gasteiger partial charge in [-0.2, -0.15) is 0 Å². The van der Waals surface area contributed by atoms with Crippen molar-refractivity contribution in [2.24, 2.45) is 11.7 Å². The van der Waals surface area contributed by atoms with Gasteiger partial charge in [-0.15, -0.1) is 0 Å². The van der Waals surface area contributed by atoms with Gasteiger partial charge in [0.05, 0.1) is 10.9 Å². The molecule has 7 heteroatoms. The molecule has 5 nitrogen and oxygen atoms in total. The van der Waals surface area contributed by atoms with Crippen LogP contribution in [0.3, 0.4) is 0 Å². The Morgan fingerprint density at radius 2 is 2.23 bits per heavy atom. The van der Waals surface area contributed by atoms with E-state index in [1.165, 1.54) is 17.0 Å². The lowest BCUT2D eigenvalue weighted by Crippen LogP contribution is -2.45. The number of hydrogen-bond acceptors (Lipinski definition) is 3. The summed E-state index contributed by atoms with van der Waals surface area (Å²) in [7, 11) is 0. The van der Waals surface area contributed by atoms with Crippen LogP contribution in [0.2, 0.25) is 5.02 Å². The summed E-state index contributed by atoms with van der Waals surface area (Å²) < 4.78 is 19.1. The zero-order chi connectivity index (χ0) is 16.3. The molecule has 120 valence electrons. The fourth-order valence-electron chi connectivity index (χ4n) is 2.60. The summed E-state index contributed by atoms with van der Waals surface area (Å²) in [5, 5.41) is 0.211. The van der Waals surface area contributed by atoms with Gasteiger partial charge in [0.15, 0.2) is 0 Å². The second-order valence-corrected chi connectivity index (χ2v) is 5.75. The molecule has 2 rings (SSSR count). The highest BCUT2D eigenvalue weighted by Gasteiger charge is 2.30. The van der Waals surface area contributed by atoms with Gasteiger partial charge in [0.1, 0.15) is 11.9 Å². The third kappa shape index (κ3) is 3.68. The third-order valence-corrected chi connectivity index (χ3v) is 4.10. The van der Waals surface area contributed by atoms with Crippen LogP contribution in [0.1, 0.15) is 31.4 Å². The van der Waals surface area contributed by atoms with E-state index in [-0.39, 0.29) is 17.1 Å². The zero-order valence-corrected chi connectivity index (χ0v) is 13.0. The van der Waals surface area contributed by atoms with Crippen molar-refractivity contribution < 1.29 is 18.7 Å². The van der Waals surface area contributed by atoms with E-state index in [9.17, 15) is 14.0 Å². The van der Waals surface area contributed by atoms with Crippen molar-refractivity contribution in [3.05, 3.63) is 34.6 Å². The third-order valence-electron chi connectivity index (χ3n) is 3.77. The fourth-order valence-corrected chi connectivity index (χ4v) is 2.91. The second-order valence-electron chi connectivity index (χ2n) is 5.34. The molecule has 2 N–H and O–H groups in total. The standard InChI is InChI=1S/C15H18ClFN2O3/c1-9(13-11(16)5-2-6-12(13)17)22-14(20)10-4-3-7-19(8-10)15(18)21/h2,5-6,9-10H,3-4,7-8H2,1H3,(H2,18,21)/t9-,10+/m1/s1. The number of likely N-dealkylation sites (tertiary alicyclic amines) is 1. The van der Waals surface area contributed by atoms with E-state index in [0.29, 0.717) is 19.4 Å². The van der Waals surface area contributed by atoms with Crippen LogP contribution in [0, 0.1) is 11.7 Å². The lowest BCUT2D eigenvalue weighted by molar-refractivity contribution is -0.155. The monoisotopic (exact) mass is 328 g/mol. The SMILES string of the molecule is C[C@@H](OC(=O)[C@H]1CCCN(C(N)=O)C1)c1c(F)cccc1Cl. The number of carbonyl (C=O) groups excluding carboxylic acids is 2. The average Bonchev–Trinajstić information content (AvgIpc) is 2.47. The van der Waals surface area contributed by atoms with Gasteiger partial charge in [-0.25, -0.2) is 9.18 Å². The molecule has 1 fully saturated rings. The van der Waals surface area contributed by atoms with Crippen LogP contribution < -0.4 is 5.73 Å². The minimum atomic E-state index is -0.801. The van der Waals surface area contributed by atoms with Crippen molar-refractivity contribution in [2.45, 2.75) is 25.9 Å². The molecule has 1 aliphatic heterocycles. The van der Waals surface area contributed by atoms with E-state index < -0.39 is 29.8 Å². The van der Waals surface area contributed by atoms with Crippen LogP contribution in [-0.2, 0) is 9.53 Å². The quantitative estimate of drug-likeness (QED) is 0.867. The number of hydrogen-bond donors (Lipinski definition) is 1. The van der Waals surface area contributed by atoms with Gasteiger partial charge < -0.3 is 15.4 Å². The summed E-state index contributed by atoms with van der Waals surface area (Å²) in [5.74, 6) is -1.44. The average molecular weight is 329 g/mol. The van der Waals surface area contributed by atoms with Gasteiger partial charge in [-0.1, -0.05) is 17.7 Å². The smallest absolute Gasteiger partial charge is 0.314 e. The van der Waals surface area contributed by atoms with Crippen molar-refractivity contribution in [2.75, 3.05) is 13.1 Å². The molecule has 0 spiro atoms. The lowest BCUT2D eigenvalue weighted by Gasteiger charge is -2.30. The van der Waals surface area contributed by atoms with E-state index in [1.807, 2.05) is 0 Å². The molecule has 0 saturated carbocycles. The number of piperidine rings is 1. The van der Waals surface area contributed by atoms with Gasteiger partial charge in [-0.05, 0) is 31.9 Å².